The summed E-state index contributed by atoms with van der Waals surface area (Å²) in [6.07, 6.45) is 1.61. The van der Waals surface area contributed by atoms with Crippen molar-refractivity contribution >= 4 is 11.9 Å². The molecule has 1 aromatic heterocycles. The third-order valence-electron chi connectivity index (χ3n) is 2.58. The van der Waals surface area contributed by atoms with Gasteiger partial charge in [0.25, 0.3) is 0 Å². The first-order valence-corrected chi connectivity index (χ1v) is 6.31. The third-order valence-corrected chi connectivity index (χ3v) is 2.58. The molecule has 1 amide bonds. The van der Waals surface area contributed by atoms with E-state index in [0.717, 1.165) is 0 Å². The van der Waals surface area contributed by atoms with Crippen LogP contribution in [0.3, 0.4) is 0 Å². The number of hydrogen-bond acceptors (Lipinski definition) is 5. The predicted molar refractivity (Wildman–Crippen MR) is 71.9 cm³/mol. The standard InChI is InChI=1S/C12H21N5O3/c1-7(10(18)14-12(2,3)4)17-6-8(15-16-17)5-9(13)11(19)20/h6-7,9H,5,13H2,1-4H3,(H,14,18)(H,19,20). The van der Waals surface area contributed by atoms with Gasteiger partial charge in [0.1, 0.15) is 12.1 Å². The van der Waals surface area contributed by atoms with E-state index in [1.54, 1.807) is 6.92 Å². The molecule has 2 atom stereocenters. The Hall–Kier alpha value is -1.96. The van der Waals surface area contributed by atoms with Crippen LogP contribution >= 0.6 is 0 Å². The highest BCUT2D eigenvalue weighted by molar-refractivity contribution is 5.80. The number of nitrogens with zero attached hydrogens (tertiary/aromatic N) is 3. The number of nitrogens with two attached hydrogens (primary N) is 1. The first kappa shape index (κ1) is 16.1. The van der Waals surface area contributed by atoms with Gasteiger partial charge in [-0.2, -0.15) is 0 Å². The molecule has 4 N–H and O–H groups in total. The summed E-state index contributed by atoms with van der Waals surface area (Å²) in [5.74, 6) is -1.28. The van der Waals surface area contributed by atoms with Gasteiger partial charge in [-0.05, 0) is 27.7 Å². The van der Waals surface area contributed by atoms with E-state index in [1.165, 1.54) is 10.9 Å². The largest absolute Gasteiger partial charge is 0.480 e. The van der Waals surface area contributed by atoms with Crippen LogP contribution in [-0.4, -0.2) is 43.6 Å². The highest BCUT2D eigenvalue weighted by Gasteiger charge is 2.22. The molecule has 0 aliphatic heterocycles. The lowest BCUT2D eigenvalue weighted by Gasteiger charge is -2.23. The number of carboxylic acids is 1. The molecule has 1 heterocycles. The van der Waals surface area contributed by atoms with Crippen molar-refractivity contribution in [2.75, 3.05) is 0 Å². The number of rotatable bonds is 5. The van der Waals surface area contributed by atoms with Gasteiger partial charge in [-0.15, -0.1) is 5.10 Å². The van der Waals surface area contributed by atoms with E-state index in [4.69, 9.17) is 10.8 Å². The van der Waals surface area contributed by atoms with Crippen molar-refractivity contribution in [2.45, 2.75) is 51.7 Å². The lowest BCUT2D eigenvalue weighted by atomic mass is 10.1. The minimum absolute atomic E-state index is 0.0724. The topological polar surface area (TPSA) is 123 Å². The molecule has 112 valence electrons. The van der Waals surface area contributed by atoms with E-state index in [9.17, 15) is 9.59 Å². The van der Waals surface area contributed by atoms with E-state index in [2.05, 4.69) is 15.6 Å². The van der Waals surface area contributed by atoms with Crippen LogP contribution in [0, 0.1) is 0 Å². The zero-order valence-electron chi connectivity index (χ0n) is 12.1. The minimum Gasteiger partial charge on any atom is -0.480 e. The maximum absolute atomic E-state index is 12.0. The van der Waals surface area contributed by atoms with Crippen LogP contribution < -0.4 is 11.1 Å². The number of carbonyl (C=O) groups excluding carboxylic acids is 1. The molecule has 0 spiro atoms. The van der Waals surface area contributed by atoms with E-state index in [-0.39, 0.29) is 17.9 Å². The highest BCUT2D eigenvalue weighted by atomic mass is 16.4. The Labute approximate surface area is 117 Å². The Morgan fingerprint density at radius 2 is 2.10 bits per heavy atom. The van der Waals surface area contributed by atoms with E-state index >= 15 is 0 Å². The summed E-state index contributed by atoms with van der Waals surface area (Å²) in [5, 5.41) is 19.2. The maximum Gasteiger partial charge on any atom is 0.320 e. The summed E-state index contributed by atoms with van der Waals surface area (Å²) < 4.78 is 1.39. The molecule has 8 heteroatoms. The van der Waals surface area contributed by atoms with Gasteiger partial charge in [-0.1, -0.05) is 5.21 Å². The summed E-state index contributed by atoms with van der Waals surface area (Å²) >= 11 is 0. The molecular formula is C12H21N5O3. The number of carbonyl (C=O) groups is 2. The molecule has 0 aromatic carbocycles. The number of hydrogen-bond donors (Lipinski definition) is 3. The van der Waals surface area contributed by atoms with E-state index < -0.39 is 18.1 Å². The summed E-state index contributed by atoms with van der Waals surface area (Å²) in [7, 11) is 0. The Morgan fingerprint density at radius 1 is 1.50 bits per heavy atom. The van der Waals surface area contributed by atoms with Crippen LogP contribution in [0.2, 0.25) is 0 Å². The smallest absolute Gasteiger partial charge is 0.320 e. The summed E-state index contributed by atoms with van der Waals surface area (Å²) in [4.78, 5) is 22.6. The second kappa shape index (κ2) is 6.00. The van der Waals surface area contributed by atoms with Gasteiger partial charge < -0.3 is 16.2 Å². The van der Waals surface area contributed by atoms with Crippen molar-refractivity contribution in [3.05, 3.63) is 11.9 Å². The monoisotopic (exact) mass is 283 g/mol. The lowest BCUT2D eigenvalue weighted by Crippen LogP contribution is -2.43. The average molecular weight is 283 g/mol. The SMILES string of the molecule is CC(C(=O)NC(C)(C)C)n1cc(CC(N)C(=O)O)nn1. The van der Waals surface area contributed by atoms with Crippen LogP contribution in [0.5, 0.6) is 0 Å². The van der Waals surface area contributed by atoms with E-state index in [0.29, 0.717) is 5.69 Å². The Morgan fingerprint density at radius 3 is 2.60 bits per heavy atom. The first-order valence-electron chi connectivity index (χ1n) is 6.31. The quantitative estimate of drug-likeness (QED) is 0.682. The number of nitrogens with one attached hydrogen (secondary N) is 1. The van der Waals surface area contributed by atoms with Crippen LogP contribution in [0.15, 0.2) is 6.20 Å². The van der Waals surface area contributed by atoms with Gasteiger partial charge in [0, 0.05) is 18.2 Å². The lowest BCUT2D eigenvalue weighted by molar-refractivity contribution is -0.138. The van der Waals surface area contributed by atoms with Crippen molar-refractivity contribution in [3.8, 4) is 0 Å². The molecule has 0 saturated carbocycles. The Balaban J connectivity index is 2.71. The predicted octanol–water partition coefficient (Wildman–Crippen LogP) is -0.292. The maximum atomic E-state index is 12.0. The van der Waals surface area contributed by atoms with Gasteiger partial charge >= 0.3 is 5.97 Å². The molecule has 0 bridgehead atoms. The van der Waals surface area contributed by atoms with Gasteiger partial charge in [0.15, 0.2) is 0 Å². The molecule has 0 radical (unpaired) electrons. The van der Waals surface area contributed by atoms with Crippen molar-refractivity contribution in [3.63, 3.8) is 0 Å². The van der Waals surface area contributed by atoms with Crippen LogP contribution in [0.4, 0.5) is 0 Å². The Kier molecular flexibility index (Phi) is 4.83. The van der Waals surface area contributed by atoms with Gasteiger partial charge in [0.2, 0.25) is 5.91 Å². The van der Waals surface area contributed by atoms with Crippen molar-refractivity contribution in [1.29, 1.82) is 0 Å². The number of amides is 1. The van der Waals surface area contributed by atoms with Crippen LogP contribution in [-0.2, 0) is 16.0 Å². The normalized spacial score (nSPS) is 14.7. The molecule has 1 rings (SSSR count). The molecule has 1 aromatic rings. The number of aliphatic carboxylic acids is 1. The molecule has 0 aliphatic carbocycles. The van der Waals surface area contributed by atoms with Crippen LogP contribution in [0.1, 0.15) is 39.4 Å². The van der Waals surface area contributed by atoms with E-state index in [1.807, 2.05) is 20.8 Å². The fourth-order valence-electron chi connectivity index (χ4n) is 1.50. The molecule has 20 heavy (non-hydrogen) atoms. The van der Waals surface area contributed by atoms with Gasteiger partial charge in [-0.25, -0.2) is 4.68 Å². The summed E-state index contributed by atoms with van der Waals surface area (Å²) in [6.45, 7) is 7.35. The molecule has 0 saturated heterocycles. The molecule has 2 unspecified atom stereocenters. The molecule has 0 fully saturated rings. The molecule has 0 aliphatic rings. The minimum atomic E-state index is -1.10. The second-order valence-electron chi connectivity index (χ2n) is 5.75. The van der Waals surface area contributed by atoms with Gasteiger partial charge in [0.05, 0.1) is 5.69 Å². The van der Waals surface area contributed by atoms with Gasteiger partial charge in [-0.3, -0.25) is 9.59 Å². The van der Waals surface area contributed by atoms with Crippen molar-refractivity contribution < 1.29 is 14.7 Å². The summed E-state index contributed by atoms with van der Waals surface area (Å²) in [6, 6.07) is -1.56. The van der Waals surface area contributed by atoms with Crippen molar-refractivity contribution in [2.24, 2.45) is 5.73 Å². The highest BCUT2D eigenvalue weighted by Crippen LogP contribution is 2.09. The summed E-state index contributed by atoms with van der Waals surface area (Å²) in [5.41, 5.74) is 5.53. The molecule has 8 nitrogen and oxygen atoms in total. The Bertz CT molecular complexity index is 492. The zero-order valence-corrected chi connectivity index (χ0v) is 12.1. The average Bonchev–Trinajstić information content (AvgIpc) is 2.73. The molecular weight excluding hydrogens is 262 g/mol. The second-order valence-corrected chi connectivity index (χ2v) is 5.75. The fourth-order valence-corrected chi connectivity index (χ4v) is 1.50. The first-order chi connectivity index (χ1) is 9.10. The fraction of sp³-hybridized carbons (Fsp3) is 0.667. The van der Waals surface area contributed by atoms with Crippen LogP contribution in [0.25, 0.3) is 0 Å². The van der Waals surface area contributed by atoms with Crippen molar-refractivity contribution in [1.82, 2.24) is 20.3 Å². The number of aromatic nitrogens is 3. The zero-order chi connectivity index (χ0) is 15.5. The number of carboxylic acid groups (broad SMARTS) is 1. The third kappa shape index (κ3) is 4.61.